The summed E-state index contributed by atoms with van der Waals surface area (Å²) < 4.78 is 81.8. The molecule has 7 nitrogen and oxygen atoms in total. The summed E-state index contributed by atoms with van der Waals surface area (Å²) in [6.07, 6.45) is -5.29. The van der Waals surface area contributed by atoms with Crippen molar-refractivity contribution < 1.29 is 26.3 Å². The van der Waals surface area contributed by atoms with Gasteiger partial charge in [-0.2, -0.15) is 31.1 Å². The van der Waals surface area contributed by atoms with Gasteiger partial charge in [0.05, 0.1) is 23.7 Å². The highest BCUT2D eigenvalue weighted by atomic mass is 19.4. The van der Waals surface area contributed by atoms with Crippen molar-refractivity contribution in [2.75, 3.05) is 22.9 Å². The fraction of sp³-hybridized carbons (Fsp3) is 0.467. The maximum Gasteiger partial charge on any atom is 0.416 e. The highest BCUT2D eigenvalue weighted by Gasteiger charge is 2.37. The smallest absolute Gasteiger partial charge is 0.356 e. The lowest BCUT2D eigenvalue weighted by molar-refractivity contribution is -0.143. The van der Waals surface area contributed by atoms with E-state index in [2.05, 4.69) is 20.3 Å². The van der Waals surface area contributed by atoms with Crippen LogP contribution in [0.2, 0.25) is 0 Å². The molecule has 2 aromatic heterocycles. The molecule has 2 heterocycles. The number of hydrogen-bond donors (Lipinski definition) is 0. The zero-order chi connectivity index (χ0) is 30.9. The first-order valence-corrected chi connectivity index (χ1v) is 14.2. The summed E-state index contributed by atoms with van der Waals surface area (Å²) in [5.41, 5.74) is -0.318. The van der Waals surface area contributed by atoms with Gasteiger partial charge in [0, 0.05) is 37.1 Å². The van der Waals surface area contributed by atoms with Crippen LogP contribution in [0.25, 0.3) is 10.9 Å². The van der Waals surface area contributed by atoms with Gasteiger partial charge in [-0.25, -0.2) is 4.98 Å². The second-order valence-corrected chi connectivity index (χ2v) is 11.2. The van der Waals surface area contributed by atoms with Gasteiger partial charge in [0.25, 0.3) is 5.95 Å². The standard InChI is InChI=1S/C30H33F6N7/c1-4-42(16-20-7-5-6-8-20)27-23(14-22-10-9-19(2)11-26(22)37-27)18-43(28-38-40-41(3)39-28)17-21-12-24(29(31,32)33)15-25(13-21)30(34,35)36/h9-15,20H,4-8,16-18H2,1-3H3. The van der Waals surface area contributed by atoms with Crippen LogP contribution in [0, 0.1) is 12.8 Å². The van der Waals surface area contributed by atoms with Crippen molar-refractivity contribution >= 4 is 22.7 Å². The number of pyridine rings is 1. The summed E-state index contributed by atoms with van der Waals surface area (Å²) in [4.78, 5) is 9.98. The number of nitrogens with zero attached hydrogens (tertiary/aromatic N) is 7. The third-order valence-electron chi connectivity index (χ3n) is 7.83. The van der Waals surface area contributed by atoms with Crippen molar-refractivity contribution in [1.29, 1.82) is 0 Å². The predicted molar refractivity (Wildman–Crippen MR) is 151 cm³/mol. The van der Waals surface area contributed by atoms with Crippen LogP contribution in [-0.4, -0.2) is 38.3 Å². The minimum atomic E-state index is -4.96. The Kier molecular flexibility index (Phi) is 8.53. The molecule has 0 saturated heterocycles. The Labute approximate surface area is 245 Å². The van der Waals surface area contributed by atoms with Gasteiger partial charge < -0.3 is 9.80 Å². The van der Waals surface area contributed by atoms with Crippen LogP contribution in [0.4, 0.5) is 38.1 Å². The molecule has 43 heavy (non-hydrogen) atoms. The Hall–Kier alpha value is -3.90. The van der Waals surface area contributed by atoms with Crippen LogP contribution in [-0.2, 0) is 32.5 Å². The lowest BCUT2D eigenvalue weighted by Crippen LogP contribution is -2.32. The third-order valence-corrected chi connectivity index (χ3v) is 7.83. The molecule has 0 amide bonds. The minimum Gasteiger partial charge on any atom is -0.356 e. The van der Waals surface area contributed by atoms with Gasteiger partial charge in [0.15, 0.2) is 0 Å². The molecule has 1 aliphatic rings. The molecule has 2 aromatic carbocycles. The average molecular weight is 606 g/mol. The van der Waals surface area contributed by atoms with Gasteiger partial charge in [0.2, 0.25) is 0 Å². The van der Waals surface area contributed by atoms with Crippen molar-refractivity contribution in [3.05, 3.63) is 70.3 Å². The van der Waals surface area contributed by atoms with Gasteiger partial charge in [0.1, 0.15) is 5.82 Å². The summed E-state index contributed by atoms with van der Waals surface area (Å²) in [5, 5.41) is 13.0. The van der Waals surface area contributed by atoms with Crippen LogP contribution in [0.5, 0.6) is 0 Å². The van der Waals surface area contributed by atoms with Gasteiger partial charge in [-0.15, -0.1) is 5.10 Å². The zero-order valence-electron chi connectivity index (χ0n) is 24.2. The number of aryl methyl sites for hydroxylation is 2. The number of halogens is 6. The van der Waals surface area contributed by atoms with Crippen LogP contribution in [0.3, 0.4) is 0 Å². The number of aromatic nitrogens is 5. The summed E-state index contributed by atoms with van der Waals surface area (Å²) in [5.74, 6) is 1.31. The molecule has 4 aromatic rings. The Balaban J connectivity index is 1.59. The Morgan fingerprint density at radius 1 is 0.884 bits per heavy atom. The fourth-order valence-electron chi connectivity index (χ4n) is 5.71. The van der Waals surface area contributed by atoms with E-state index in [-0.39, 0.29) is 30.7 Å². The van der Waals surface area contributed by atoms with Crippen molar-refractivity contribution in [2.24, 2.45) is 13.0 Å². The average Bonchev–Trinajstić information content (AvgIpc) is 3.62. The Morgan fingerprint density at radius 3 is 2.14 bits per heavy atom. The Bertz CT molecular complexity index is 1540. The monoisotopic (exact) mass is 605 g/mol. The van der Waals surface area contributed by atoms with E-state index in [0.29, 0.717) is 12.5 Å². The highest BCUT2D eigenvalue weighted by molar-refractivity contribution is 5.82. The number of alkyl halides is 6. The molecule has 0 unspecified atom stereocenters. The molecule has 0 spiro atoms. The van der Waals surface area contributed by atoms with Crippen molar-refractivity contribution in [2.45, 2.75) is 65.0 Å². The van der Waals surface area contributed by atoms with E-state index < -0.39 is 23.5 Å². The van der Waals surface area contributed by atoms with E-state index in [1.54, 1.807) is 0 Å². The SMILES string of the molecule is CCN(CC1CCCC1)c1nc2cc(C)ccc2cc1CN(Cc1cc(C(F)(F)F)cc(C(F)(F)F)c1)c1nnn(C)n1. The maximum absolute atomic E-state index is 13.6. The van der Waals surface area contributed by atoms with E-state index >= 15 is 0 Å². The highest BCUT2D eigenvalue weighted by Crippen LogP contribution is 2.37. The van der Waals surface area contributed by atoms with Crippen LogP contribution >= 0.6 is 0 Å². The molecule has 5 rings (SSSR count). The molecule has 1 aliphatic carbocycles. The number of hydrogen-bond acceptors (Lipinski definition) is 6. The predicted octanol–water partition coefficient (Wildman–Crippen LogP) is 7.33. The largest absolute Gasteiger partial charge is 0.416 e. The summed E-state index contributed by atoms with van der Waals surface area (Å²) in [6.45, 7) is 5.27. The molecule has 1 fully saturated rings. The van der Waals surface area contributed by atoms with Crippen LogP contribution in [0.15, 0.2) is 42.5 Å². The van der Waals surface area contributed by atoms with Crippen molar-refractivity contribution in [3.8, 4) is 0 Å². The second kappa shape index (κ2) is 12.0. The number of anilines is 2. The maximum atomic E-state index is 13.6. The third kappa shape index (κ3) is 7.19. The number of benzene rings is 2. The molecule has 0 bridgehead atoms. The van der Waals surface area contributed by atoms with E-state index in [9.17, 15) is 26.3 Å². The van der Waals surface area contributed by atoms with E-state index in [0.717, 1.165) is 59.4 Å². The number of rotatable bonds is 9. The van der Waals surface area contributed by atoms with Crippen molar-refractivity contribution in [3.63, 3.8) is 0 Å². The molecular formula is C30H33F6N7. The summed E-state index contributed by atoms with van der Waals surface area (Å²) in [6, 6.07) is 9.49. The quantitative estimate of drug-likeness (QED) is 0.186. The first-order chi connectivity index (χ1) is 20.3. The van der Waals surface area contributed by atoms with Gasteiger partial charge in [-0.05, 0) is 79.3 Å². The second-order valence-electron chi connectivity index (χ2n) is 11.2. The molecule has 0 aliphatic heterocycles. The summed E-state index contributed by atoms with van der Waals surface area (Å²) in [7, 11) is 1.53. The number of tetrazole rings is 1. The van der Waals surface area contributed by atoms with Gasteiger partial charge in [-0.1, -0.05) is 30.1 Å². The molecule has 0 atom stereocenters. The molecular weight excluding hydrogens is 572 g/mol. The molecule has 13 heteroatoms. The lowest BCUT2D eigenvalue weighted by atomic mass is 10.0. The normalized spacial score (nSPS) is 14.5. The fourth-order valence-corrected chi connectivity index (χ4v) is 5.71. The van der Waals surface area contributed by atoms with Crippen LogP contribution in [0.1, 0.15) is 60.4 Å². The molecule has 0 N–H and O–H groups in total. The topological polar surface area (TPSA) is 63.0 Å². The Morgan fingerprint density at radius 2 is 1.56 bits per heavy atom. The summed E-state index contributed by atoms with van der Waals surface area (Å²) >= 11 is 0. The molecule has 230 valence electrons. The van der Waals surface area contributed by atoms with E-state index in [1.807, 2.05) is 38.1 Å². The van der Waals surface area contributed by atoms with Crippen LogP contribution < -0.4 is 9.80 Å². The molecule has 0 radical (unpaired) electrons. The lowest BCUT2D eigenvalue weighted by Gasteiger charge is -2.30. The number of fused-ring (bicyclic) bond motifs is 1. The molecule has 1 saturated carbocycles. The van der Waals surface area contributed by atoms with Crippen molar-refractivity contribution in [1.82, 2.24) is 25.2 Å². The van der Waals surface area contributed by atoms with Gasteiger partial charge >= 0.3 is 12.4 Å². The van der Waals surface area contributed by atoms with E-state index in [1.165, 1.54) is 29.6 Å². The first kappa shape index (κ1) is 30.6. The first-order valence-electron chi connectivity index (χ1n) is 14.2. The van der Waals surface area contributed by atoms with Gasteiger partial charge in [-0.3, -0.25) is 0 Å². The zero-order valence-corrected chi connectivity index (χ0v) is 24.2. The van der Waals surface area contributed by atoms with E-state index in [4.69, 9.17) is 4.98 Å². The minimum absolute atomic E-state index is 0.0715.